The number of unbranched alkanes of at least 4 members (excludes halogenated alkanes) is 1. The molecule has 0 aromatic heterocycles. The quantitative estimate of drug-likeness (QED) is 0.556. The van der Waals surface area contributed by atoms with Gasteiger partial charge in [0, 0.05) is 12.5 Å². The van der Waals surface area contributed by atoms with Gasteiger partial charge in [-0.2, -0.15) is 0 Å². The van der Waals surface area contributed by atoms with E-state index >= 15 is 0 Å². The van der Waals surface area contributed by atoms with Crippen molar-refractivity contribution in [1.29, 1.82) is 0 Å². The number of hydrogen-bond acceptors (Lipinski definition) is 3. The molecule has 98 valence electrons. The van der Waals surface area contributed by atoms with Gasteiger partial charge < -0.3 is 5.32 Å². The summed E-state index contributed by atoms with van der Waals surface area (Å²) < 4.78 is 23.0. The summed E-state index contributed by atoms with van der Waals surface area (Å²) in [5, 5.41) is 3.47. The van der Waals surface area contributed by atoms with Gasteiger partial charge >= 0.3 is 0 Å². The van der Waals surface area contributed by atoms with E-state index in [4.69, 9.17) is 6.42 Å². The standard InChI is InChI=1S/C13H23NO2S/c1-3-5-6-7-13(14-9-4-2)12-8-10-17(15,16)11-12/h1,12-14H,4-11H2,2H3. The Bertz CT molecular complexity index is 356. The minimum atomic E-state index is -2.78. The first-order valence-corrected chi connectivity index (χ1v) is 8.28. The molecule has 1 aliphatic rings. The predicted octanol–water partition coefficient (Wildman–Crippen LogP) is 1.59. The van der Waals surface area contributed by atoms with E-state index in [1.807, 2.05) is 0 Å². The van der Waals surface area contributed by atoms with Crippen molar-refractivity contribution in [2.75, 3.05) is 18.1 Å². The number of hydrogen-bond donors (Lipinski definition) is 1. The van der Waals surface area contributed by atoms with E-state index < -0.39 is 9.84 Å². The van der Waals surface area contributed by atoms with E-state index in [-0.39, 0.29) is 5.92 Å². The van der Waals surface area contributed by atoms with Crippen molar-refractivity contribution in [3.63, 3.8) is 0 Å². The van der Waals surface area contributed by atoms with Crippen molar-refractivity contribution < 1.29 is 8.42 Å². The van der Waals surface area contributed by atoms with E-state index in [1.165, 1.54) is 0 Å². The summed E-state index contributed by atoms with van der Waals surface area (Å²) in [4.78, 5) is 0. The topological polar surface area (TPSA) is 46.2 Å². The average Bonchev–Trinajstić information content (AvgIpc) is 2.64. The largest absolute Gasteiger partial charge is 0.314 e. The molecule has 2 atom stereocenters. The summed E-state index contributed by atoms with van der Waals surface area (Å²) >= 11 is 0. The molecular weight excluding hydrogens is 234 g/mol. The molecule has 2 unspecified atom stereocenters. The SMILES string of the molecule is C#CCCCC(NCCC)C1CCS(=O)(=O)C1. The third-order valence-corrected chi connectivity index (χ3v) is 5.12. The van der Waals surface area contributed by atoms with Crippen molar-refractivity contribution in [1.82, 2.24) is 5.32 Å². The molecule has 17 heavy (non-hydrogen) atoms. The Morgan fingerprint density at radius 1 is 1.53 bits per heavy atom. The lowest BCUT2D eigenvalue weighted by molar-refractivity contribution is 0.356. The van der Waals surface area contributed by atoms with Gasteiger partial charge in [-0.3, -0.25) is 0 Å². The van der Waals surface area contributed by atoms with E-state index in [1.54, 1.807) is 0 Å². The number of rotatable bonds is 7. The summed E-state index contributed by atoms with van der Waals surface area (Å²) in [5.41, 5.74) is 0. The van der Waals surface area contributed by atoms with Gasteiger partial charge in [-0.1, -0.05) is 6.92 Å². The van der Waals surface area contributed by atoms with Crippen LogP contribution in [-0.2, 0) is 9.84 Å². The molecule has 3 nitrogen and oxygen atoms in total. The molecule has 1 fully saturated rings. The fourth-order valence-corrected chi connectivity index (χ4v) is 4.28. The fourth-order valence-electron chi connectivity index (χ4n) is 2.40. The van der Waals surface area contributed by atoms with Crippen molar-refractivity contribution in [2.24, 2.45) is 5.92 Å². The Morgan fingerprint density at radius 2 is 2.29 bits per heavy atom. The minimum absolute atomic E-state index is 0.282. The molecule has 0 aromatic carbocycles. The van der Waals surface area contributed by atoms with E-state index in [2.05, 4.69) is 18.2 Å². The maximum Gasteiger partial charge on any atom is 0.150 e. The van der Waals surface area contributed by atoms with Gasteiger partial charge in [0.2, 0.25) is 0 Å². The van der Waals surface area contributed by atoms with Gasteiger partial charge in [0.05, 0.1) is 11.5 Å². The summed E-state index contributed by atoms with van der Waals surface area (Å²) in [5.74, 6) is 3.63. The predicted molar refractivity (Wildman–Crippen MR) is 71.5 cm³/mol. The summed E-state index contributed by atoms with van der Waals surface area (Å²) in [7, 11) is -2.78. The van der Waals surface area contributed by atoms with Crippen LogP contribution in [-0.4, -0.2) is 32.5 Å². The zero-order valence-corrected chi connectivity index (χ0v) is 11.4. The lowest BCUT2D eigenvalue weighted by Gasteiger charge is -2.23. The van der Waals surface area contributed by atoms with Crippen LogP contribution >= 0.6 is 0 Å². The lowest BCUT2D eigenvalue weighted by Crippen LogP contribution is -2.37. The highest BCUT2D eigenvalue weighted by molar-refractivity contribution is 7.91. The second-order valence-electron chi connectivity index (χ2n) is 4.82. The monoisotopic (exact) mass is 257 g/mol. The summed E-state index contributed by atoms with van der Waals surface area (Å²) in [6, 6.07) is 0.320. The fraction of sp³-hybridized carbons (Fsp3) is 0.846. The summed E-state index contributed by atoms with van der Waals surface area (Å²) in [6.45, 7) is 3.08. The van der Waals surface area contributed by atoms with Crippen LogP contribution in [0.2, 0.25) is 0 Å². The summed E-state index contributed by atoms with van der Waals surface area (Å²) in [6.07, 6.45) is 9.88. The van der Waals surface area contributed by atoms with Gasteiger partial charge in [0.1, 0.15) is 0 Å². The molecule has 1 heterocycles. The average molecular weight is 257 g/mol. The Labute approximate surface area is 105 Å². The van der Waals surface area contributed by atoms with Crippen LogP contribution in [0.25, 0.3) is 0 Å². The second kappa shape index (κ2) is 7.03. The van der Waals surface area contributed by atoms with Crippen LogP contribution < -0.4 is 5.32 Å². The molecule has 0 aliphatic carbocycles. The number of nitrogens with one attached hydrogen (secondary N) is 1. The normalized spacial score (nSPS) is 24.4. The van der Waals surface area contributed by atoms with Crippen LogP contribution in [0.4, 0.5) is 0 Å². The minimum Gasteiger partial charge on any atom is -0.314 e. The first-order valence-electron chi connectivity index (χ1n) is 6.46. The van der Waals surface area contributed by atoms with Crippen molar-refractivity contribution in [2.45, 2.75) is 45.1 Å². The maximum absolute atomic E-state index is 11.5. The zero-order valence-electron chi connectivity index (χ0n) is 10.6. The number of terminal acetylenes is 1. The highest BCUT2D eigenvalue weighted by Gasteiger charge is 2.32. The first kappa shape index (κ1) is 14.5. The van der Waals surface area contributed by atoms with Crippen LogP contribution in [0.3, 0.4) is 0 Å². The third-order valence-electron chi connectivity index (χ3n) is 3.33. The van der Waals surface area contributed by atoms with Crippen LogP contribution in [0, 0.1) is 18.3 Å². The van der Waals surface area contributed by atoms with Crippen LogP contribution in [0.5, 0.6) is 0 Å². The maximum atomic E-state index is 11.5. The Morgan fingerprint density at radius 3 is 2.82 bits per heavy atom. The molecule has 0 saturated carbocycles. The molecule has 0 aromatic rings. The van der Waals surface area contributed by atoms with Crippen molar-refractivity contribution >= 4 is 9.84 Å². The number of sulfone groups is 1. The van der Waals surface area contributed by atoms with E-state index in [0.717, 1.165) is 38.6 Å². The van der Waals surface area contributed by atoms with E-state index in [9.17, 15) is 8.42 Å². The smallest absolute Gasteiger partial charge is 0.150 e. The molecule has 1 saturated heterocycles. The van der Waals surface area contributed by atoms with Crippen molar-refractivity contribution in [3.8, 4) is 12.3 Å². The molecule has 1 aliphatic heterocycles. The van der Waals surface area contributed by atoms with Gasteiger partial charge in [0.15, 0.2) is 9.84 Å². The van der Waals surface area contributed by atoms with Crippen molar-refractivity contribution in [3.05, 3.63) is 0 Å². The van der Waals surface area contributed by atoms with Gasteiger partial charge in [-0.15, -0.1) is 12.3 Å². The molecule has 0 amide bonds. The van der Waals surface area contributed by atoms with Crippen LogP contribution in [0.15, 0.2) is 0 Å². The highest BCUT2D eigenvalue weighted by atomic mass is 32.2. The molecule has 0 radical (unpaired) electrons. The lowest BCUT2D eigenvalue weighted by atomic mass is 9.94. The molecule has 0 bridgehead atoms. The molecular formula is C13H23NO2S. The first-order chi connectivity index (χ1) is 8.09. The Kier molecular flexibility index (Phi) is 6.01. The molecule has 4 heteroatoms. The van der Waals surface area contributed by atoms with Crippen LogP contribution in [0.1, 0.15) is 39.0 Å². The van der Waals surface area contributed by atoms with E-state index in [0.29, 0.717) is 17.5 Å². The Balaban J connectivity index is 2.48. The third kappa shape index (κ3) is 5.10. The second-order valence-corrected chi connectivity index (χ2v) is 7.05. The van der Waals surface area contributed by atoms with Gasteiger partial charge in [-0.05, 0) is 38.1 Å². The molecule has 0 spiro atoms. The van der Waals surface area contributed by atoms with Gasteiger partial charge in [-0.25, -0.2) is 8.42 Å². The highest BCUT2D eigenvalue weighted by Crippen LogP contribution is 2.24. The Hall–Kier alpha value is -0.530. The molecule has 1 N–H and O–H groups in total. The van der Waals surface area contributed by atoms with Gasteiger partial charge in [0.25, 0.3) is 0 Å². The zero-order chi connectivity index (χ0) is 12.7. The molecule has 1 rings (SSSR count).